The van der Waals surface area contributed by atoms with Crippen molar-refractivity contribution in [2.24, 2.45) is 5.73 Å². The van der Waals surface area contributed by atoms with Gasteiger partial charge in [-0.3, -0.25) is 9.88 Å². The molecule has 0 radical (unpaired) electrons. The number of piperidine rings is 1. The molecule has 1 atom stereocenters. The maximum atomic E-state index is 5.87. The minimum absolute atomic E-state index is 0.577. The van der Waals surface area contributed by atoms with Crippen molar-refractivity contribution in [3.05, 3.63) is 23.5 Å². The van der Waals surface area contributed by atoms with Gasteiger partial charge in [0.15, 0.2) is 0 Å². The second-order valence-electron chi connectivity index (χ2n) is 6.14. The predicted octanol–water partition coefficient (Wildman–Crippen LogP) is 1.91. The lowest BCUT2D eigenvalue weighted by atomic mass is 10.1. The highest BCUT2D eigenvalue weighted by Crippen LogP contribution is 2.27. The van der Waals surface area contributed by atoms with Gasteiger partial charge in [-0.05, 0) is 45.3 Å². The quantitative estimate of drug-likeness (QED) is 0.914. The summed E-state index contributed by atoms with van der Waals surface area (Å²) in [4.78, 5) is 9.58. The van der Waals surface area contributed by atoms with Crippen molar-refractivity contribution in [2.75, 3.05) is 31.1 Å². The van der Waals surface area contributed by atoms with E-state index in [-0.39, 0.29) is 0 Å². The van der Waals surface area contributed by atoms with E-state index in [1.807, 2.05) is 6.20 Å². The van der Waals surface area contributed by atoms with Gasteiger partial charge in [0.25, 0.3) is 0 Å². The number of pyridine rings is 1. The molecule has 20 heavy (non-hydrogen) atoms. The summed E-state index contributed by atoms with van der Waals surface area (Å²) in [6.45, 7) is 7.51. The highest BCUT2D eigenvalue weighted by molar-refractivity contribution is 5.54. The van der Waals surface area contributed by atoms with Crippen LogP contribution in [-0.4, -0.2) is 42.1 Å². The monoisotopic (exact) mass is 274 g/mol. The van der Waals surface area contributed by atoms with E-state index in [0.29, 0.717) is 6.54 Å². The zero-order chi connectivity index (χ0) is 13.9. The number of anilines is 1. The molecule has 0 saturated carbocycles. The van der Waals surface area contributed by atoms with Crippen molar-refractivity contribution >= 4 is 5.69 Å². The zero-order valence-corrected chi connectivity index (χ0v) is 12.5. The molecule has 110 valence electrons. The number of nitrogens with zero attached hydrogens (tertiary/aromatic N) is 3. The summed E-state index contributed by atoms with van der Waals surface area (Å²) in [7, 11) is 0. The molecular weight excluding hydrogens is 248 g/mol. The minimum atomic E-state index is 0.577. The fourth-order valence-electron chi connectivity index (χ4n) is 3.57. The van der Waals surface area contributed by atoms with Crippen LogP contribution in [0.5, 0.6) is 0 Å². The Balaban J connectivity index is 1.71. The topological polar surface area (TPSA) is 45.4 Å². The first-order chi connectivity index (χ1) is 9.78. The van der Waals surface area contributed by atoms with Crippen molar-refractivity contribution in [1.82, 2.24) is 9.88 Å². The largest absolute Gasteiger partial charge is 0.370 e. The lowest BCUT2D eigenvalue weighted by Gasteiger charge is -2.32. The van der Waals surface area contributed by atoms with Gasteiger partial charge >= 0.3 is 0 Å². The molecule has 2 aliphatic heterocycles. The Morgan fingerprint density at radius 2 is 2.05 bits per heavy atom. The van der Waals surface area contributed by atoms with Crippen molar-refractivity contribution in [3.63, 3.8) is 0 Å². The van der Waals surface area contributed by atoms with Crippen LogP contribution < -0.4 is 10.6 Å². The molecule has 3 heterocycles. The second kappa shape index (κ2) is 6.10. The lowest BCUT2D eigenvalue weighted by Crippen LogP contribution is -2.41. The molecular formula is C16H26N4. The number of rotatable bonds is 3. The molecule has 0 aliphatic carbocycles. The number of nitrogens with two attached hydrogens (primary N) is 1. The number of aryl methyl sites for hydroxylation is 1. The molecule has 0 bridgehead atoms. The van der Waals surface area contributed by atoms with Gasteiger partial charge in [-0.2, -0.15) is 0 Å². The molecule has 0 amide bonds. The molecule has 2 saturated heterocycles. The standard InChI is InChI=1S/C16H26N4/c1-13-9-16(14(10-17)11-18-13)20-8-5-15(12-20)19-6-3-2-4-7-19/h9,11,15H,2-8,10,12,17H2,1H3. The second-order valence-corrected chi connectivity index (χ2v) is 6.14. The molecule has 1 aromatic heterocycles. The van der Waals surface area contributed by atoms with Crippen molar-refractivity contribution in [1.29, 1.82) is 0 Å². The van der Waals surface area contributed by atoms with Gasteiger partial charge < -0.3 is 10.6 Å². The van der Waals surface area contributed by atoms with Gasteiger partial charge in [0.05, 0.1) is 0 Å². The van der Waals surface area contributed by atoms with E-state index in [2.05, 4.69) is 27.8 Å². The highest BCUT2D eigenvalue weighted by atomic mass is 15.3. The number of aromatic nitrogens is 1. The van der Waals surface area contributed by atoms with Crippen molar-refractivity contribution in [3.8, 4) is 0 Å². The molecule has 2 aliphatic rings. The Bertz CT molecular complexity index is 454. The highest BCUT2D eigenvalue weighted by Gasteiger charge is 2.29. The Hall–Kier alpha value is -1.13. The van der Waals surface area contributed by atoms with E-state index in [4.69, 9.17) is 5.73 Å². The first-order valence-electron chi connectivity index (χ1n) is 7.92. The number of likely N-dealkylation sites (tertiary alicyclic amines) is 1. The van der Waals surface area contributed by atoms with E-state index in [9.17, 15) is 0 Å². The number of hydrogen-bond acceptors (Lipinski definition) is 4. The average Bonchev–Trinajstić information content (AvgIpc) is 2.98. The molecule has 2 fully saturated rings. The summed E-state index contributed by atoms with van der Waals surface area (Å²) in [5.74, 6) is 0. The van der Waals surface area contributed by atoms with E-state index in [1.165, 1.54) is 50.0 Å². The minimum Gasteiger partial charge on any atom is -0.370 e. The van der Waals surface area contributed by atoms with Crippen LogP contribution in [0.4, 0.5) is 5.69 Å². The Labute approximate surface area is 122 Å². The molecule has 1 unspecified atom stereocenters. The zero-order valence-electron chi connectivity index (χ0n) is 12.5. The molecule has 2 N–H and O–H groups in total. The Morgan fingerprint density at radius 3 is 2.80 bits per heavy atom. The number of hydrogen-bond donors (Lipinski definition) is 1. The molecule has 0 spiro atoms. The van der Waals surface area contributed by atoms with Crippen LogP contribution in [0.15, 0.2) is 12.3 Å². The first kappa shape index (κ1) is 13.8. The summed E-state index contributed by atoms with van der Waals surface area (Å²) in [6, 6.07) is 2.93. The summed E-state index contributed by atoms with van der Waals surface area (Å²) in [6.07, 6.45) is 7.38. The van der Waals surface area contributed by atoms with Crippen LogP contribution >= 0.6 is 0 Å². The van der Waals surface area contributed by atoms with Gasteiger partial charge in [0.2, 0.25) is 0 Å². The smallest absolute Gasteiger partial charge is 0.0446 e. The lowest BCUT2D eigenvalue weighted by molar-refractivity contribution is 0.175. The van der Waals surface area contributed by atoms with Crippen LogP contribution in [-0.2, 0) is 6.54 Å². The summed E-state index contributed by atoms with van der Waals surface area (Å²) >= 11 is 0. The fraction of sp³-hybridized carbons (Fsp3) is 0.688. The van der Waals surface area contributed by atoms with Crippen LogP contribution in [0, 0.1) is 6.92 Å². The van der Waals surface area contributed by atoms with Gasteiger partial charge in [0, 0.05) is 48.8 Å². The van der Waals surface area contributed by atoms with E-state index in [1.54, 1.807) is 0 Å². The van der Waals surface area contributed by atoms with Gasteiger partial charge in [-0.1, -0.05) is 6.42 Å². The maximum Gasteiger partial charge on any atom is 0.0446 e. The molecule has 4 nitrogen and oxygen atoms in total. The van der Waals surface area contributed by atoms with E-state index >= 15 is 0 Å². The first-order valence-corrected chi connectivity index (χ1v) is 7.92. The van der Waals surface area contributed by atoms with Crippen molar-refractivity contribution in [2.45, 2.75) is 45.2 Å². The summed E-state index contributed by atoms with van der Waals surface area (Å²) in [5.41, 5.74) is 9.43. The molecule has 4 heteroatoms. The Morgan fingerprint density at radius 1 is 1.25 bits per heavy atom. The van der Waals surface area contributed by atoms with Crippen LogP contribution in [0.2, 0.25) is 0 Å². The van der Waals surface area contributed by atoms with E-state index < -0.39 is 0 Å². The third kappa shape index (κ3) is 2.81. The fourth-order valence-corrected chi connectivity index (χ4v) is 3.57. The predicted molar refractivity (Wildman–Crippen MR) is 82.9 cm³/mol. The van der Waals surface area contributed by atoms with Crippen LogP contribution in [0.1, 0.15) is 36.9 Å². The maximum absolute atomic E-state index is 5.87. The summed E-state index contributed by atoms with van der Waals surface area (Å²) < 4.78 is 0. The average molecular weight is 274 g/mol. The SMILES string of the molecule is Cc1cc(N2CCC(N3CCCCC3)C2)c(CN)cn1. The molecule has 0 aromatic carbocycles. The Kier molecular flexibility index (Phi) is 4.22. The van der Waals surface area contributed by atoms with Crippen LogP contribution in [0.25, 0.3) is 0 Å². The third-order valence-electron chi connectivity index (χ3n) is 4.73. The molecule has 1 aromatic rings. The van der Waals surface area contributed by atoms with Gasteiger partial charge in [-0.25, -0.2) is 0 Å². The van der Waals surface area contributed by atoms with Crippen molar-refractivity contribution < 1.29 is 0 Å². The van der Waals surface area contributed by atoms with E-state index in [0.717, 1.165) is 24.8 Å². The molecule has 3 rings (SSSR count). The summed E-state index contributed by atoms with van der Waals surface area (Å²) in [5, 5.41) is 0. The van der Waals surface area contributed by atoms with Crippen LogP contribution in [0.3, 0.4) is 0 Å². The normalized spacial score (nSPS) is 24.3. The van der Waals surface area contributed by atoms with Gasteiger partial charge in [-0.15, -0.1) is 0 Å². The van der Waals surface area contributed by atoms with Gasteiger partial charge in [0.1, 0.15) is 0 Å². The third-order valence-corrected chi connectivity index (χ3v) is 4.73.